The minimum atomic E-state index is -0.140. The fourth-order valence-electron chi connectivity index (χ4n) is 2.40. The van der Waals surface area contributed by atoms with Gasteiger partial charge in [-0.3, -0.25) is 14.5 Å². The second-order valence-electron chi connectivity index (χ2n) is 5.56. The van der Waals surface area contributed by atoms with Crippen molar-refractivity contribution < 1.29 is 0 Å². The average Bonchev–Trinajstić information content (AvgIpc) is 2.87. The topological polar surface area (TPSA) is 75.6 Å². The van der Waals surface area contributed by atoms with Gasteiger partial charge in [-0.15, -0.1) is 0 Å². The third-order valence-electron chi connectivity index (χ3n) is 3.35. The Bertz CT molecular complexity index is 834. The minimum Gasteiger partial charge on any atom is -0.354 e. The lowest BCUT2D eigenvalue weighted by Gasteiger charge is -2.10. The summed E-state index contributed by atoms with van der Waals surface area (Å²) >= 11 is 0. The summed E-state index contributed by atoms with van der Waals surface area (Å²) in [5.74, 6) is 0.517. The molecule has 6 nitrogen and oxygen atoms in total. The van der Waals surface area contributed by atoms with Gasteiger partial charge < -0.3 is 5.32 Å². The Morgan fingerprint density at radius 1 is 1.32 bits per heavy atom. The van der Waals surface area contributed by atoms with E-state index in [0.29, 0.717) is 18.9 Å². The predicted octanol–water partition coefficient (Wildman–Crippen LogP) is 2.18. The van der Waals surface area contributed by atoms with Crippen LogP contribution in [0.15, 0.2) is 41.3 Å². The van der Waals surface area contributed by atoms with E-state index in [1.165, 1.54) is 6.07 Å². The van der Waals surface area contributed by atoms with Gasteiger partial charge in [0, 0.05) is 30.5 Å². The molecule has 3 rings (SSSR count). The van der Waals surface area contributed by atoms with Crippen LogP contribution in [0, 0.1) is 0 Å². The monoisotopic (exact) mass is 297 g/mol. The third kappa shape index (κ3) is 3.16. The molecule has 0 saturated heterocycles. The fraction of sp³-hybridized carbons (Fsp3) is 0.312. The molecule has 0 aliphatic rings. The van der Waals surface area contributed by atoms with Crippen molar-refractivity contribution in [3.63, 3.8) is 0 Å². The van der Waals surface area contributed by atoms with Crippen LogP contribution in [0.5, 0.6) is 0 Å². The summed E-state index contributed by atoms with van der Waals surface area (Å²) in [4.78, 5) is 18.9. The Hall–Kier alpha value is -2.63. The van der Waals surface area contributed by atoms with Crippen molar-refractivity contribution in [2.45, 2.75) is 32.9 Å². The molecule has 0 bridgehead atoms. The number of fused-ring (bicyclic) bond motifs is 1. The highest BCUT2D eigenvalue weighted by Crippen LogP contribution is 2.13. The van der Waals surface area contributed by atoms with E-state index in [1.807, 2.05) is 49.0 Å². The van der Waals surface area contributed by atoms with Gasteiger partial charge >= 0.3 is 0 Å². The number of H-pyrrole nitrogens is 1. The first-order chi connectivity index (χ1) is 10.6. The molecule has 0 atom stereocenters. The van der Waals surface area contributed by atoms with Gasteiger partial charge in [-0.1, -0.05) is 18.2 Å². The lowest BCUT2D eigenvalue weighted by molar-refractivity contribution is 0.627. The molecule has 0 aliphatic heterocycles. The Balaban J connectivity index is 1.79. The number of rotatable bonds is 5. The van der Waals surface area contributed by atoms with Gasteiger partial charge in [-0.2, -0.15) is 5.10 Å². The fourth-order valence-corrected chi connectivity index (χ4v) is 2.40. The number of aromatic nitrogens is 4. The Morgan fingerprint density at radius 3 is 2.95 bits per heavy atom. The summed E-state index contributed by atoms with van der Waals surface area (Å²) in [6.45, 7) is 4.69. The van der Waals surface area contributed by atoms with E-state index in [2.05, 4.69) is 20.4 Å². The molecule has 0 aliphatic carbocycles. The zero-order valence-corrected chi connectivity index (χ0v) is 12.7. The van der Waals surface area contributed by atoms with Crippen LogP contribution in [0.1, 0.15) is 19.5 Å². The van der Waals surface area contributed by atoms with Gasteiger partial charge in [-0.05, 0) is 19.9 Å². The molecule has 0 radical (unpaired) electrons. The van der Waals surface area contributed by atoms with Gasteiger partial charge in [-0.25, -0.2) is 4.98 Å². The molecule has 1 aromatic carbocycles. The van der Waals surface area contributed by atoms with Crippen LogP contribution < -0.4 is 10.9 Å². The molecule has 0 spiro atoms. The van der Waals surface area contributed by atoms with E-state index in [4.69, 9.17) is 0 Å². The molecule has 0 unspecified atom stereocenters. The molecule has 6 heteroatoms. The van der Waals surface area contributed by atoms with Crippen molar-refractivity contribution >= 4 is 16.9 Å². The van der Waals surface area contributed by atoms with Crippen LogP contribution in [-0.4, -0.2) is 25.8 Å². The highest BCUT2D eigenvalue weighted by atomic mass is 16.1. The molecule has 114 valence electrons. The highest BCUT2D eigenvalue weighted by molar-refractivity contribution is 5.78. The number of nitrogens with zero attached hydrogens (tertiary/aromatic N) is 3. The summed E-state index contributed by atoms with van der Waals surface area (Å²) in [5.41, 5.74) is 1.71. The molecule has 2 aromatic heterocycles. The summed E-state index contributed by atoms with van der Waals surface area (Å²) in [7, 11) is 0. The minimum absolute atomic E-state index is 0.140. The Kier molecular flexibility index (Phi) is 3.91. The van der Waals surface area contributed by atoms with Crippen LogP contribution in [0.2, 0.25) is 0 Å². The SMILES string of the molecule is CC(C)Nc1nc(CCn2ncc3ccccc32)cc(=O)[nH]1. The molecule has 0 fully saturated rings. The zero-order chi connectivity index (χ0) is 15.5. The van der Waals surface area contributed by atoms with Crippen LogP contribution in [0.4, 0.5) is 5.95 Å². The number of hydrogen-bond acceptors (Lipinski definition) is 4. The first-order valence-electron chi connectivity index (χ1n) is 7.39. The number of aryl methyl sites for hydroxylation is 2. The standard InChI is InChI=1S/C16H19N5O/c1-11(2)18-16-19-13(9-15(22)20-16)7-8-21-14-6-4-3-5-12(14)10-17-21/h3-6,9-11H,7-8H2,1-2H3,(H2,18,19,20,22). The van der Waals surface area contributed by atoms with E-state index in [0.717, 1.165) is 16.6 Å². The van der Waals surface area contributed by atoms with Gasteiger partial charge in [0.15, 0.2) is 0 Å². The van der Waals surface area contributed by atoms with E-state index in [-0.39, 0.29) is 11.6 Å². The normalized spacial score (nSPS) is 11.2. The first kappa shape index (κ1) is 14.3. The summed E-state index contributed by atoms with van der Waals surface area (Å²) < 4.78 is 1.94. The van der Waals surface area contributed by atoms with Crippen LogP contribution >= 0.6 is 0 Å². The maximum Gasteiger partial charge on any atom is 0.252 e. The molecular weight excluding hydrogens is 278 g/mol. The summed E-state index contributed by atoms with van der Waals surface area (Å²) in [6, 6.07) is 9.83. The molecule has 0 saturated carbocycles. The molecule has 2 heterocycles. The molecule has 2 N–H and O–H groups in total. The zero-order valence-electron chi connectivity index (χ0n) is 12.7. The number of aromatic amines is 1. The number of anilines is 1. The number of hydrogen-bond donors (Lipinski definition) is 2. The summed E-state index contributed by atoms with van der Waals surface area (Å²) in [5, 5.41) is 8.63. The number of para-hydroxylation sites is 1. The average molecular weight is 297 g/mol. The molecule has 3 aromatic rings. The quantitative estimate of drug-likeness (QED) is 0.757. The smallest absolute Gasteiger partial charge is 0.252 e. The molecular formula is C16H19N5O. The van der Waals surface area contributed by atoms with Crippen molar-refractivity contribution in [3.8, 4) is 0 Å². The van der Waals surface area contributed by atoms with Crippen molar-refractivity contribution in [1.82, 2.24) is 19.7 Å². The van der Waals surface area contributed by atoms with E-state index >= 15 is 0 Å². The van der Waals surface area contributed by atoms with E-state index < -0.39 is 0 Å². The number of nitrogens with one attached hydrogen (secondary N) is 2. The lowest BCUT2D eigenvalue weighted by Crippen LogP contribution is -2.19. The van der Waals surface area contributed by atoms with Crippen molar-refractivity contribution in [1.29, 1.82) is 0 Å². The largest absolute Gasteiger partial charge is 0.354 e. The molecule has 0 amide bonds. The van der Waals surface area contributed by atoms with Crippen LogP contribution in [-0.2, 0) is 13.0 Å². The maximum atomic E-state index is 11.7. The van der Waals surface area contributed by atoms with E-state index in [9.17, 15) is 4.79 Å². The maximum absolute atomic E-state index is 11.7. The lowest BCUT2D eigenvalue weighted by atomic mass is 10.2. The van der Waals surface area contributed by atoms with Gasteiger partial charge in [0.25, 0.3) is 5.56 Å². The van der Waals surface area contributed by atoms with Gasteiger partial charge in [0.05, 0.1) is 17.4 Å². The molecule has 22 heavy (non-hydrogen) atoms. The van der Waals surface area contributed by atoms with Crippen molar-refractivity contribution in [2.24, 2.45) is 0 Å². The van der Waals surface area contributed by atoms with Crippen molar-refractivity contribution in [3.05, 3.63) is 52.6 Å². The summed E-state index contributed by atoms with van der Waals surface area (Å²) in [6.07, 6.45) is 2.51. The highest BCUT2D eigenvalue weighted by Gasteiger charge is 2.05. The van der Waals surface area contributed by atoms with Crippen molar-refractivity contribution in [2.75, 3.05) is 5.32 Å². The van der Waals surface area contributed by atoms with Crippen LogP contribution in [0.25, 0.3) is 10.9 Å². The Morgan fingerprint density at radius 2 is 2.14 bits per heavy atom. The first-order valence-corrected chi connectivity index (χ1v) is 7.39. The second kappa shape index (κ2) is 6.01. The van der Waals surface area contributed by atoms with E-state index in [1.54, 1.807) is 0 Å². The Labute approximate surface area is 128 Å². The van der Waals surface area contributed by atoms with Gasteiger partial charge in [0.1, 0.15) is 0 Å². The van der Waals surface area contributed by atoms with Crippen LogP contribution in [0.3, 0.4) is 0 Å². The van der Waals surface area contributed by atoms with Gasteiger partial charge in [0.2, 0.25) is 5.95 Å². The third-order valence-corrected chi connectivity index (χ3v) is 3.35. The second-order valence-corrected chi connectivity index (χ2v) is 5.56. The number of benzene rings is 1. The predicted molar refractivity (Wildman–Crippen MR) is 87.1 cm³/mol.